The fraction of sp³-hybridized carbons (Fsp3) is 0.636. The SMILES string of the molecule is C=CCOCC(COCC=C)(COCC=C)COC(=O)C1CCC(C(=O)OCC(COCC=C)(COCC=C)COC(=O)C2CCC(C(=O)OCC(COCC=C)(COCC=C)COCC=C)CC2)CC1. The van der Waals surface area contributed by atoms with Gasteiger partial charge in [-0.05, 0) is 51.4 Å². The Bertz CT molecular complexity index is 1430. The van der Waals surface area contributed by atoms with Crippen LogP contribution >= 0.6 is 0 Å². The van der Waals surface area contributed by atoms with Gasteiger partial charge in [0.05, 0.1) is 146 Å². The molecule has 16 heteroatoms. The molecule has 16 nitrogen and oxygen atoms in total. The van der Waals surface area contributed by atoms with Crippen LogP contribution in [0.5, 0.6) is 0 Å². The van der Waals surface area contributed by atoms with Gasteiger partial charge in [-0.1, -0.05) is 48.6 Å². The minimum Gasteiger partial charge on any atom is -0.465 e. The van der Waals surface area contributed by atoms with Gasteiger partial charge in [-0.15, -0.1) is 52.6 Å². The molecule has 0 aromatic rings. The highest BCUT2D eigenvalue weighted by Gasteiger charge is 2.41. The Balaban J connectivity index is 2.06. The molecule has 2 rings (SSSR count). The molecule has 0 spiro atoms. The lowest BCUT2D eigenvalue weighted by Crippen LogP contribution is -2.44. The molecule has 0 saturated heterocycles. The van der Waals surface area contributed by atoms with Crippen LogP contribution in [0.3, 0.4) is 0 Å². The van der Waals surface area contributed by atoms with Crippen molar-refractivity contribution in [1.29, 1.82) is 0 Å². The van der Waals surface area contributed by atoms with Crippen molar-refractivity contribution in [3.63, 3.8) is 0 Å². The van der Waals surface area contributed by atoms with E-state index in [1.54, 1.807) is 48.6 Å². The highest BCUT2D eigenvalue weighted by Crippen LogP contribution is 2.34. The molecule has 0 atom stereocenters. The number of rotatable bonds is 44. The summed E-state index contributed by atoms with van der Waals surface area (Å²) in [5.74, 6) is -3.37. The molecule has 0 amide bonds. The summed E-state index contributed by atoms with van der Waals surface area (Å²) in [5, 5.41) is 0. The highest BCUT2D eigenvalue weighted by atomic mass is 16.6. The van der Waals surface area contributed by atoms with Crippen LogP contribution in [0.4, 0.5) is 0 Å². The summed E-state index contributed by atoms with van der Waals surface area (Å²) in [6, 6.07) is 0. The van der Waals surface area contributed by atoms with E-state index in [4.69, 9.17) is 56.8 Å². The summed E-state index contributed by atoms with van der Waals surface area (Å²) in [6.45, 7) is 32.9. The van der Waals surface area contributed by atoms with Crippen LogP contribution < -0.4 is 0 Å². The van der Waals surface area contributed by atoms with E-state index in [-0.39, 0.29) is 104 Å². The molecule has 0 bridgehead atoms. The predicted octanol–water partition coefficient (Wildman–Crippen LogP) is 7.35. The average molecular weight is 1000 g/mol. The van der Waals surface area contributed by atoms with Gasteiger partial charge >= 0.3 is 23.9 Å². The summed E-state index contributed by atoms with van der Waals surface area (Å²) in [4.78, 5) is 54.2. The molecule has 0 aliphatic heterocycles. The maximum absolute atomic E-state index is 13.7. The van der Waals surface area contributed by atoms with Crippen LogP contribution in [0.1, 0.15) is 51.4 Å². The standard InChI is InChI=1S/C55H84O16/c1-9-25-60-33-53(34-61-26-10-2,35-62-27-11-3)41-68-49(56)45-17-21-47(22-18-45)51(58)70-43-55(39-66-31-15-7,40-67-32-16-8)44-71-52(59)48-23-19-46(20-24-48)50(57)69-42-54(36-63-28-12-4,37-64-29-13-5)38-65-30-14-6/h9-16,45-48H,1-8,17-44H2. The molecule has 71 heavy (non-hydrogen) atoms. The predicted molar refractivity (Wildman–Crippen MR) is 270 cm³/mol. The third-order valence-corrected chi connectivity index (χ3v) is 12.0. The van der Waals surface area contributed by atoms with Crippen molar-refractivity contribution >= 4 is 23.9 Å². The molecule has 2 saturated carbocycles. The quantitative estimate of drug-likeness (QED) is 0.0256. The zero-order valence-electron chi connectivity index (χ0n) is 42.4. The van der Waals surface area contributed by atoms with Gasteiger partial charge in [0.15, 0.2) is 0 Å². The van der Waals surface area contributed by atoms with Gasteiger partial charge in [-0.25, -0.2) is 0 Å². The van der Waals surface area contributed by atoms with E-state index in [0.717, 1.165) is 0 Å². The number of hydrogen-bond donors (Lipinski definition) is 0. The number of ether oxygens (including phenoxy) is 12. The van der Waals surface area contributed by atoms with E-state index >= 15 is 0 Å². The molecular weight excluding hydrogens is 917 g/mol. The van der Waals surface area contributed by atoms with E-state index in [0.29, 0.717) is 91.0 Å². The molecular formula is C55H84O16. The van der Waals surface area contributed by atoms with Gasteiger partial charge < -0.3 is 56.8 Å². The van der Waals surface area contributed by atoms with Crippen LogP contribution in [-0.2, 0) is 76.0 Å². The van der Waals surface area contributed by atoms with Crippen LogP contribution in [0.2, 0.25) is 0 Å². The minimum absolute atomic E-state index is 0.000794. The molecule has 0 aromatic heterocycles. The van der Waals surface area contributed by atoms with Crippen LogP contribution in [-0.4, -0.2) is 156 Å². The first-order valence-electron chi connectivity index (χ1n) is 24.6. The molecule has 2 aliphatic rings. The monoisotopic (exact) mass is 1000 g/mol. The van der Waals surface area contributed by atoms with Crippen LogP contribution in [0.15, 0.2) is 101 Å². The van der Waals surface area contributed by atoms with Crippen molar-refractivity contribution in [3.05, 3.63) is 101 Å². The second-order valence-corrected chi connectivity index (χ2v) is 18.5. The lowest BCUT2D eigenvalue weighted by Gasteiger charge is -2.35. The number of esters is 4. The van der Waals surface area contributed by atoms with Crippen LogP contribution in [0.25, 0.3) is 0 Å². The van der Waals surface area contributed by atoms with Gasteiger partial charge in [-0.2, -0.15) is 0 Å². The molecule has 0 N–H and O–H groups in total. The zero-order valence-corrected chi connectivity index (χ0v) is 42.4. The summed E-state index contributed by atoms with van der Waals surface area (Å²) in [5.41, 5.74) is -2.64. The first-order chi connectivity index (χ1) is 34.4. The topological polar surface area (TPSA) is 179 Å². The minimum atomic E-state index is -1.07. The third-order valence-electron chi connectivity index (χ3n) is 12.0. The van der Waals surface area contributed by atoms with Crippen molar-refractivity contribution in [2.45, 2.75) is 51.4 Å². The third kappa shape index (κ3) is 24.6. The number of hydrogen-bond acceptors (Lipinski definition) is 16. The van der Waals surface area contributed by atoms with E-state index in [9.17, 15) is 19.2 Å². The lowest BCUT2D eigenvalue weighted by molar-refractivity contribution is -0.171. The second-order valence-electron chi connectivity index (χ2n) is 18.5. The number of carbonyl (C=O) groups is 4. The van der Waals surface area contributed by atoms with Crippen molar-refractivity contribution in [2.75, 3.05) is 132 Å². The Labute approximate surface area is 423 Å². The highest BCUT2D eigenvalue weighted by molar-refractivity contribution is 5.76. The second kappa shape index (κ2) is 37.3. The molecule has 0 radical (unpaired) electrons. The molecule has 400 valence electrons. The normalized spacial score (nSPS) is 18.3. The van der Waals surface area contributed by atoms with Gasteiger partial charge in [0, 0.05) is 0 Å². The summed E-state index contributed by atoms with van der Waals surface area (Å²) in [7, 11) is 0. The maximum atomic E-state index is 13.7. The lowest BCUT2D eigenvalue weighted by atomic mass is 9.82. The largest absolute Gasteiger partial charge is 0.465 e. The van der Waals surface area contributed by atoms with E-state index in [1.165, 1.54) is 0 Å². The molecule has 0 unspecified atom stereocenters. The Morgan fingerprint density at radius 2 is 0.423 bits per heavy atom. The van der Waals surface area contributed by atoms with Crippen molar-refractivity contribution < 1.29 is 76.0 Å². The summed E-state index contributed by atoms with van der Waals surface area (Å²) < 4.78 is 70.3. The molecule has 2 aliphatic carbocycles. The van der Waals surface area contributed by atoms with Gasteiger partial charge in [-0.3, -0.25) is 19.2 Å². The Hall–Kier alpha value is -4.52. The summed E-state index contributed by atoms with van der Waals surface area (Å²) in [6.07, 6.45) is 16.3. The summed E-state index contributed by atoms with van der Waals surface area (Å²) >= 11 is 0. The fourth-order valence-electron chi connectivity index (χ4n) is 8.12. The molecule has 0 aromatic carbocycles. The first-order valence-corrected chi connectivity index (χ1v) is 24.6. The van der Waals surface area contributed by atoms with E-state index < -0.39 is 51.9 Å². The van der Waals surface area contributed by atoms with E-state index in [1.807, 2.05) is 0 Å². The Kier molecular flexibility index (Phi) is 32.8. The van der Waals surface area contributed by atoms with Crippen LogP contribution in [0, 0.1) is 39.9 Å². The van der Waals surface area contributed by atoms with Crippen molar-refractivity contribution in [1.82, 2.24) is 0 Å². The van der Waals surface area contributed by atoms with Crippen molar-refractivity contribution in [2.24, 2.45) is 39.9 Å². The van der Waals surface area contributed by atoms with Gasteiger partial charge in [0.25, 0.3) is 0 Å². The zero-order chi connectivity index (χ0) is 52.1. The molecule has 2 fully saturated rings. The smallest absolute Gasteiger partial charge is 0.308 e. The average Bonchev–Trinajstić information content (AvgIpc) is 3.38. The maximum Gasteiger partial charge on any atom is 0.308 e. The number of carbonyl (C=O) groups excluding carboxylic acids is 4. The first kappa shape index (κ1) is 62.6. The molecule has 0 heterocycles. The Morgan fingerprint density at radius 1 is 0.282 bits per heavy atom. The Morgan fingerprint density at radius 3 is 0.563 bits per heavy atom. The van der Waals surface area contributed by atoms with Gasteiger partial charge in [0.2, 0.25) is 0 Å². The van der Waals surface area contributed by atoms with Crippen molar-refractivity contribution in [3.8, 4) is 0 Å². The van der Waals surface area contributed by atoms with E-state index in [2.05, 4.69) is 52.6 Å². The van der Waals surface area contributed by atoms with Gasteiger partial charge in [0.1, 0.15) is 26.4 Å². The fourth-order valence-corrected chi connectivity index (χ4v) is 8.12.